The first-order valence-electron chi connectivity index (χ1n) is 8.05. The number of carbonyl (C=O) groups is 2. The van der Waals surface area contributed by atoms with E-state index in [0.717, 1.165) is 5.56 Å². The number of aliphatic carboxylic acids is 1. The van der Waals surface area contributed by atoms with Gasteiger partial charge in [0.05, 0.1) is 10.6 Å². The number of carboxylic acids is 1. The number of hydrogen-bond acceptors (Lipinski definition) is 4. The van der Waals surface area contributed by atoms with E-state index in [4.69, 9.17) is 5.11 Å². The lowest BCUT2D eigenvalue weighted by atomic mass is 9.99. The number of sulfone groups is 1. The molecule has 134 valence electrons. The molecule has 1 aromatic carbocycles. The molecule has 7 heteroatoms. The zero-order chi connectivity index (χ0) is 18.3. The molecule has 0 aliphatic carbocycles. The van der Waals surface area contributed by atoms with Crippen LogP contribution in [0.2, 0.25) is 0 Å². The first kappa shape index (κ1) is 20.2. The lowest BCUT2D eigenvalue weighted by Gasteiger charge is -2.20. The summed E-state index contributed by atoms with van der Waals surface area (Å²) >= 11 is 0. The minimum atomic E-state index is -3.23. The van der Waals surface area contributed by atoms with Gasteiger partial charge in [0.25, 0.3) is 0 Å². The fourth-order valence-electron chi connectivity index (χ4n) is 2.22. The summed E-state index contributed by atoms with van der Waals surface area (Å²) in [6.45, 7) is 5.24. The molecule has 24 heavy (non-hydrogen) atoms. The van der Waals surface area contributed by atoms with Gasteiger partial charge in [-0.05, 0) is 30.0 Å². The van der Waals surface area contributed by atoms with Crippen LogP contribution in [0, 0.1) is 5.92 Å². The summed E-state index contributed by atoms with van der Waals surface area (Å²) in [5.41, 5.74) is 0.829. The van der Waals surface area contributed by atoms with E-state index >= 15 is 0 Å². The van der Waals surface area contributed by atoms with Crippen molar-refractivity contribution in [2.75, 3.05) is 5.75 Å². The van der Waals surface area contributed by atoms with Crippen molar-refractivity contribution in [3.8, 4) is 0 Å². The van der Waals surface area contributed by atoms with Crippen LogP contribution in [0.1, 0.15) is 39.2 Å². The Hall–Kier alpha value is -1.89. The Balaban J connectivity index is 2.63. The van der Waals surface area contributed by atoms with E-state index in [0.29, 0.717) is 12.8 Å². The molecule has 1 rings (SSSR count). The molecule has 1 amide bonds. The second-order valence-electron chi connectivity index (χ2n) is 5.82. The van der Waals surface area contributed by atoms with Crippen molar-refractivity contribution >= 4 is 21.7 Å². The van der Waals surface area contributed by atoms with Crippen molar-refractivity contribution in [1.29, 1.82) is 0 Å². The molecule has 0 saturated carbocycles. The van der Waals surface area contributed by atoms with Crippen molar-refractivity contribution in [1.82, 2.24) is 5.32 Å². The van der Waals surface area contributed by atoms with Gasteiger partial charge in [-0.15, -0.1) is 0 Å². The van der Waals surface area contributed by atoms with Crippen LogP contribution in [0.3, 0.4) is 0 Å². The minimum absolute atomic E-state index is 0.0426. The number of aryl methyl sites for hydroxylation is 1. The standard InChI is InChI=1S/C17H25NO5S/c1-4-12(3)16(17(20)21)18-15(19)11-8-13-6-9-14(10-7-13)24(22,23)5-2/h6-7,9-10,12,16H,4-5,8,11H2,1-3H3,(H,18,19)(H,20,21)/t12-,16-/m0/s1. The number of benzene rings is 1. The molecular weight excluding hydrogens is 330 g/mol. The summed E-state index contributed by atoms with van der Waals surface area (Å²) < 4.78 is 23.5. The third-order valence-corrected chi connectivity index (χ3v) is 5.85. The zero-order valence-electron chi connectivity index (χ0n) is 14.3. The molecule has 0 spiro atoms. The highest BCUT2D eigenvalue weighted by Crippen LogP contribution is 2.14. The van der Waals surface area contributed by atoms with Gasteiger partial charge in [-0.1, -0.05) is 39.3 Å². The Bertz CT molecular complexity index is 667. The summed E-state index contributed by atoms with van der Waals surface area (Å²) in [6, 6.07) is 5.54. The summed E-state index contributed by atoms with van der Waals surface area (Å²) in [7, 11) is -3.23. The lowest BCUT2D eigenvalue weighted by Crippen LogP contribution is -2.45. The highest BCUT2D eigenvalue weighted by molar-refractivity contribution is 7.91. The van der Waals surface area contributed by atoms with Gasteiger partial charge in [0.1, 0.15) is 6.04 Å². The maximum Gasteiger partial charge on any atom is 0.326 e. The normalized spacial score (nSPS) is 14.0. The molecular formula is C17H25NO5S. The zero-order valence-corrected chi connectivity index (χ0v) is 15.1. The van der Waals surface area contributed by atoms with Crippen molar-refractivity contribution in [2.45, 2.75) is 51.0 Å². The van der Waals surface area contributed by atoms with E-state index in [-0.39, 0.29) is 28.9 Å². The average molecular weight is 355 g/mol. The van der Waals surface area contributed by atoms with Gasteiger partial charge < -0.3 is 10.4 Å². The van der Waals surface area contributed by atoms with E-state index in [2.05, 4.69) is 5.32 Å². The van der Waals surface area contributed by atoms with Crippen LogP contribution in [0.15, 0.2) is 29.2 Å². The molecule has 6 nitrogen and oxygen atoms in total. The fraction of sp³-hybridized carbons (Fsp3) is 0.529. The molecule has 0 saturated heterocycles. The Morgan fingerprint density at radius 1 is 1.17 bits per heavy atom. The maximum atomic E-state index is 12.0. The highest BCUT2D eigenvalue weighted by Gasteiger charge is 2.24. The smallest absolute Gasteiger partial charge is 0.326 e. The first-order chi connectivity index (χ1) is 11.2. The number of carboxylic acid groups (broad SMARTS) is 1. The van der Waals surface area contributed by atoms with Gasteiger partial charge in [0, 0.05) is 6.42 Å². The van der Waals surface area contributed by atoms with Crippen LogP contribution in [0.5, 0.6) is 0 Å². The van der Waals surface area contributed by atoms with Gasteiger partial charge >= 0.3 is 5.97 Å². The summed E-state index contributed by atoms with van der Waals surface area (Å²) in [5.74, 6) is -1.47. The Kier molecular flexibility index (Phi) is 7.41. The van der Waals surface area contributed by atoms with Gasteiger partial charge in [-0.25, -0.2) is 13.2 Å². The van der Waals surface area contributed by atoms with E-state index in [1.54, 1.807) is 26.0 Å². The predicted molar refractivity (Wildman–Crippen MR) is 91.5 cm³/mol. The van der Waals surface area contributed by atoms with Crippen LogP contribution in [-0.4, -0.2) is 37.2 Å². The van der Waals surface area contributed by atoms with Crippen molar-refractivity contribution in [3.05, 3.63) is 29.8 Å². The SMILES string of the molecule is CC[C@H](C)[C@H](NC(=O)CCc1ccc(S(=O)(=O)CC)cc1)C(=O)O. The Morgan fingerprint density at radius 3 is 2.21 bits per heavy atom. The molecule has 2 atom stereocenters. The molecule has 0 aliphatic heterocycles. The monoisotopic (exact) mass is 355 g/mol. The number of amides is 1. The predicted octanol–water partition coefficient (Wildman–Crippen LogP) is 2.03. The topological polar surface area (TPSA) is 101 Å². The third-order valence-electron chi connectivity index (χ3n) is 4.10. The molecule has 0 fully saturated rings. The number of rotatable bonds is 9. The summed E-state index contributed by atoms with van der Waals surface area (Å²) in [4.78, 5) is 23.4. The number of nitrogens with one attached hydrogen (secondary N) is 1. The van der Waals surface area contributed by atoms with Crippen LogP contribution < -0.4 is 5.32 Å². The average Bonchev–Trinajstić information content (AvgIpc) is 2.57. The molecule has 0 aromatic heterocycles. The lowest BCUT2D eigenvalue weighted by molar-refractivity contribution is -0.143. The Labute approximate surface area is 143 Å². The van der Waals surface area contributed by atoms with Crippen LogP contribution in [-0.2, 0) is 25.8 Å². The maximum absolute atomic E-state index is 12.0. The quantitative estimate of drug-likeness (QED) is 0.706. The van der Waals surface area contributed by atoms with Crippen LogP contribution in [0.25, 0.3) is 0 Å². The molecule has 0 bridgehead atoms. The first-order valence-corrected chi connectivity index (χ1v) is 9.70. The molecule has 2 N–H and O–H groups in total. The minimum Gasteiger partial charge on any atom is -0.480 e. The van der Waals surface area contributed by atoms with Crippen molar-refractivity contribution in [2.24, 2.45) is 5.92 Å². The molecule has 0 unspecified atom stereocenters. The van der Waals surface area contributed by atoms with E-state index in [1.807, 2.05) is 6.92 Å². The molecule has 0 aliphatic rings. The molecule has 0 radical (unpaired) electrons. The summed E-state index contributed by atoms with van der Waals surface area (Å²) in [5, 5.41) is 11.7. The number of carbonyl (C=O) groups excluding carboxylic acids is 1. The van der Waals surface area contributed by atoms with Crippen molar-refractivity contribution < 1.29 is 23.1 Å². The third kappa shape index (κ3) is 5.63. The van der Waals surface area contributed by atoms with Gasteiger partial charge in [0.15, 0.2) is 9.84 Å². The fourth-order valence-corrected chi connectivity index (χ4v) is 3.10. The number of hydrogen-bond donors (Lipinski definition) is 2. The molecule has 1 aromatic rings. The van der Waals surface area contributed by atoms with E-state index in [9.17, 15) is 18.0 Å². The second kappa shape index (κ2) is 8.82. The van der Waals surface area contributed by atoms with Crippen LogP contribution in [0.4, 0.5) is 0 Å². The van der Waals surface area contributed by atoms with Gasteiger partial charge in [-0.3, -0.25) is 4.79 Å². The summed E-state index contributed by atoms with van der Waals surface area (Å²) in [6.07, 6.45) is 1.23. The largest absolute Gasteiger partial charge is 0.480 e. The van der Waals surface area contributed by atoms with Gasteiger partial charge in [-0.2, -0.15) is 0 Å². The van der Waals surface area contributed by atoms with Gasteiger partial charge in [0.2, 0.25) is 5.91 Å². The van der Waals surface area contributed by atoms with Crippen LogP contribution >= 0.6 is 0 Å². The van der Waals surface area contributed by atoms with E-state index in [1.165, 1.54) is 12.1 Å². The molecule has 0 heterocycles. The Morgan fingerprint density at radius 2 is 1.75 bits per heavy atom. The van der Waals surface area contributed by atoms with E-state index < -0.39 is 21.8 Å². The second-order valence-corrected chi connectivity index (χ2v) is 8.09. The van der Waals surface area contributed by atoms with Crippen molar-refractivity contribution in [3.63, 3.8) is 0 Å². The highest BCUT2D eigenvalue weighted by atomic mass is 32.2.